The van der Waals surface area contributed by atoms with Crippen LogP contribution in [0, 0.1) is 0 Å². The molecule has 8 nitrogen and oxygen atoms in total. The predicted molar refractivity (Wildman–Crippen MR) is 90.0 cm³/mol. The molecule has 0 aliphatic carbocycles. The Kier molecular flexibility index (Phi) is 5.47. The van der Waals surface area contributed by atoms with Crippen LogP contribution in [-0.4, -0.2) is 38.0 Å². The van der Waals surface area contributed by atoms with E-state index in [9.17, 15) is 18.0 Å². The largest absolute Gasteiger partial charge is 0.357 e. The van der Waals surface area contributed by atoms with Gasteiger partial charge in [0.1, 0.15) is 12.2 Å². The maximum absolute atomic E-state index is 12.0. The second kappa shape index (κ2) is 7.37. The Bertz CT molecular complexity index is 836. The zero-order valence-corrected chi connectivity index (χ0v) is 14.2. The lowest BCUT2D eigenvalue weighted by Crippen LogP contribution is -2.47. The molecule has 0 radical (unpaired) electrons. The van der Waals surface area contributed by atoms with Crippen molar-refractivity contribution in [2.75, 3.05) is 17.1 Å². The maximum atomic E-state index is 12.0. The minimum Gasteiger partial charge on any atom is -0.357 e. The van der Waals surface area contributed by atoms with Crippen LogP contribution in [0.1, 0.15) is 10.5 Å². The molecule has 0 aliphatic heterocycles. The summed E-state index contributed by atoms with van der Waals surface area (Å²) in [7, 11) is -3.72. The number of aromatic amines is 1. The van der Waals surface area contributed by atoms with Crippen LogP contribution in [0.5, 0.6) is 0 Å². The molecule has 2 rings (SSSR count). The van der Waals surface area contributed by atoms with Crippen molar-refractivity contribution in [1.29, 1.82) is 0 Å². The third-order valence-corrected chi connectivity index (χ3v) is 4.32. The molecule has 0 unspecified atom stereocenters. The number of carbonyl (C=O) groups is 2. The lowest BCUT2D eigenvalue weighted by molar-refractivity contribution is -0.120. The molecule has 0 fully saturated rings. The van der Waals surface area contributed by atoms with Gasteiger partial charge in [-0.25, -0.2) is 8.42 Å². The van der Waals surface area contributed by atoms with Gasteiger partial charge in [0.25, 0.3) is 11.8 Å². The Morgan fingerprint density at radius 2 is 1.96 bits per heavy atom. The molecule has 2 aromatic rings. The first-order valence-electron chi connectivity index (χ1n) is 6.73. The summed E-state index contributed by atoms with van der Waals surface area (Å²) >= 11 is 5.85. The van der Waals surface area contributed by atoms with Gasteiger partial charge in [0.15, 0.2) is 0 Å². The first-order chi connectivity index (χ1) is 11.3. The summed E-state index contributed by atoms with van der Waals surface area (Å²) in [5.41, 5.74) is 4.85. The van der Waals surface area contributed by atoms with E-state index in [1.807, 2.05) is 0 Å². The first kappa shape index (κ1) is 17.8. The van der Waals surface area contributed by atoms with E-state index in [-0.39, 0.29) is 11.4 Å². The molecule has 0 atom stereocenters. The van der Waals surface area contributed by atoms with Gasteiger partial charge in [0.2, 0.25) is 10.0 Å². The zero-order valence-electron chi connectivity index (χ0n) is 12.6. The van der Waals surface area contributed by atoms with Crippen molar-refractivity contribution < 1.29 is 18.0 Å². The number of nitrogens with one attached hydrogen (secondary N) is 3. The van der Waals surface area contributed by atoms with Crippen LogP contribution in [-0.2, 0) is 14.8 Å². The molecule has 0 saturated heterocycles. The molecule has 0 aliphatic rings. The number of hydrogen-bond donors (Lipinski definition) is 3. The fourth-order valence-electron chi connectivity index (χ4n) is 1.87. The first-order valence-corrected chi connectivity index (χ1v) is 8.96. The number of hydrazine groups is 1. The van der Waals surface area contributed by atoms with Crippen LogP contribution in [0.4, 0.5) is 5.69 Å². The average Bonchev–Trinajstić information content (AvgIpc) is 3.03. The number of H-pyrrole nitrogens is 1. The minimum atomic E-state index is -3.72. The Morgan fingerprint density at radius 1 is 1.21 bits per heavy atom. The Labute approximate surface area is 143 Å². The van der Waals surface area contributed by atoms with Crippen LogP contribution in [0.25, 0.3) is 0 Å². The van der Waals surface area contributed by atoms with Gasteiger partial charge in [0, 0.05) is 11.2 Å². The topological polar surface area (TPSA) is 111 Å². The number of benzene rings is 1. The van der Waals surface area contributed by atoms with Crippen LogP contribution in [0.2, 0.25) is 5.02 Å². The number of aromatic nitrogens is 1. The van der Waals surface area contributed by atoms with Crippen LogP contribution in [0.3, 0.4) is 0 Å². The summed E-state index contributed by atoms with van der Waals surface area (Å²) in [6.45, 7) is -0.510. The summed E-state index contributed by atoms with van der Waals surface area (Å²) in [6.07, 6.45) is 2.53. The number of hydrogen-bond acceptors (Lipinski definition) is 4. The molecule has 2 amide bonds. The van der Waals surface area contributed by atoms with E-state index in [1.165, 1.54) is 18.2 Å². The molecule has 10 heteroatoms. The molecule has 128 valence electrons. The van der Waals surface area contributed by atoms with Gasteiger partial charge in [-0.15, -0.1) is 0 Å². The number of halogens is 1. The highest BCUT2D eigenvalue weighted by Crippen LogP contribution is 2.21. The third-order valence-electron chi connectivity index (χ3n) is 2.94. The van der Waals surface area contributed by atoms with Crippen molar-refractivity contribution >= 4 is 39.1 Å². The van der Waals surface area contributed by atoms with Crippen molar-refractivity contribution in [2.45, 2.75) is 0 Å². The fraction of sp³-hybridized carbons (Fsp3) is 0.143. The van der Waals surface area contributed by atoms with Crippen molar-refractivity contribution in [2.24, 2.45) is 0 Å². The molecule has 1 aromatic carbocycles. The molecule has 3 N–H and O–H groups in total. The standard InChI is InChI=1S/C14H15ClN4O4S/c1-24(22,23)19(11-5-2-4-10(15)8-11)9-13(20)17-18-14(21)12-6-3-7-16-12/h2-8,16H,9H2,1H3,(H,17,20)(H,18,21). The molecule has 1 aromatic heterocycles. The van der Waals surface area contributed by atoms with Gasteiger partial charge in [-0.05, 0) is 30.3 Å². The van der Waals surface area contributed by atoms with Gasteiger partial charge < -0.3 is 4.98 Å². The summed E-state index contributed by atoms with van der Waals surface area (Å²) < 4.78 is 24.7. The Hall–Kier alpha value is -2.52. The van der Waals surface area contributed by atoms with Crippen molar-refractivity contribution in [3.8, 4) is 0 Å². The van der Waals surface area contributed by atoms with Crippen molar-refractivity contribution in [1.82, 2.24) is 15.8 Å². The molecule has 1 heterocycles. The highest BCUT2D eigenvalue weighted by molar-refractivity contribution is 7.92. The van der Waals surface area contributed by atoms with E-state index in [0.717, 1.165) is 10.6 Å². The van der Waals surface area contributed by atoms with Crippen LogP contribution in [0.15, 0.2) is 42.6 Å². The Balaban J connectivity index is 2.04. The lowest BCUT2D eigenvalue weighted by Gasteiger charge is -2.22. The highest BCUT2D eigenvalue weighted by atomic mass is 35.5. The zero-order chi connectivity index (χ0) is 17.7. The number of anilines is 1. The second-order valence-electron chi connectivity index (χ2n) is 4.84. The van der Waals surface area contributed by atoms with Gasteiger partial charge in [-0.2, -0.15) is 0 Å². The summed E-state index contributed by atoms with van der Waals surface area (Å²) in [5, 5.41) is 0.335. The minimum absolute atomic E-state index is 0.246. The summed E-state index contributed by atoms with van der Waals surface area (Å²) in [4.78, 5) is 26.3. The van der Waals surface area contributed by atoms with Crippen LogP contribution >= 0.6 is 11.6 Å². The number of nitrogens with zero attached hydrogens (tertiary/aromatic N) is 1. The quantitative estimate of drug-likeness (QED) is 0.679. The Morgan fingerprint density at radius 3 is 2.54 bits per heavy atom. The number of carbonyl (C=O) groups excluding carboxylic acids is 2. The van der Waals surface area contributed by atoms with Gasteiger partial charge >= 0.3 is 0 Å². The fourth-order valence-corrected chi connectivity index (χ4v) is 2.90. The van der Waals surface area contributed by atoms with Gasteiger partial charge in [-0.3, -0.25) is 24.7 Å². The second-order valence-corrected chi connectivity index (χ2v) is 7.18. The normalized spacial score (nSPS) is 10.9. The predicted octanol–water partition coefficient (Wildman–Crippen LogP) is 0.895. The lowest BCUT2D eigenvalue weighted by atomic mass is 10.3. The average molecular weight is 371 g/mol. The van der Waals surface area contributed by atoms with Gasteiger partial charge in [-0.1, -0.05) is 17.7 Å². The van der Waals surface area contributed by atoms with Crippen LogP contribution < -0.4 is 15.2 Å². The molecule has 0 saturated carbocycles. The number of amides is 2. The van der Waals surface area contributed by atoms with E-state index in [1.54, 1.807) is 24.4 Å². The van der Waals surface area contributed by atoms with E-state index in [4.69, 9.17) is 11.6 Å². The number of rotatable bonds is 5. The maximum Gasteiger partial charge on any atom is 0.286 e. The molecule has 24 heavy (non-hydrogen) atoms. The molecular formula is C14H15ClN4O4S. The number of sulfonamides is 1. The molecule has 0 spiro atoms. The van der Waals surface area contributed by atoms with E-state index in [2.05, 4.69) is 15.8 Å². The third kappa shape index (κ3) is 4.74. The highest BCUT2D eigenvalue weighted by Gasteiger charge is 2.21. The van der Waals surface area contributed by atoms with Crippen molar-refractivity contribution in [3.63, 3.8) is 0 Å². The van der Waals surface area contributed by atoms with E-state index >= 15 is 0 Å². The monoisotopic (exact) mass is 370 g/mol. The summed E-state index contributed by atoms with van der Waals surface area (Å²) in [6, 6.07) is 9.24. The van der Waals surface area contributed by atoms with Gasteiger partial charge in [0.05, 0.1) is 11.9 Å². The molecule has 0 bridgehead atoms. The van der Waals surface area contributed by atoms with E-state index < -0.39 is 28.4 Å². The molecular weight excluding hydrogens is 356 g/mol. The smallest absolute Gasteiger partial charge is 0.286 e. The SMILES string of the molecule is CS(=O)(=O)N(CC(=O)NNC(=O)c1ccc[nH]1)c1cccc(Cl)c1. The van der Waals surface area contributed by atoms with E-state index in [0.29, 0.717) is 5.02 Å². The summed E-state index contributed by atoms with van der Waals surface area (Å²) in [5.74, 6) is -1.26. The van der Waals surface area contributed by atoms with Crippen molar-refractivity contribution in [3.05, 3.63) is 53.3 Å².